The van der Waals surface area contributed by atoms with Crippen molar-refractivity contribution in [2.24, 2.45) is 0 Å². The van der Waals surface area contributed by atoms with E-state index in [1.165, 1.54) is 18.9 Å². The highest BCUT2D eigenvalue weighted by Gasteiger charge is 2.05. The first-order valence-electron chi connectivity index (χ1n) is 4.76. The molecular weight excluding hydrogens is 248 g/mol. The third-order valence-corrected chi connectivity index (χ3v) is 3.34. The Morgan fingerprint density at radius 1 is 1.56 bits per heavy atom. The van der Waals surface area contributed by atoms with Crippen molar-refractivity contribution < 1.29 is 14.6 Å². The van der Waals surface area contributed by atoms with Gasteiger partial charge in [0.15, 0.2) is 0 Å². The fourth-order valence-corrected chi connectivity index (χ4v) is 2.32. The predicted octanol–water partition coefficient (Wildman–Crippen LogP) is 2.49. The van der Waals surface area contributed by atoms with E-state index in [2.05, 4.69) is 4.74 Å². The van der Waals surface area contributed by atoms with E-state index in [-0.39, 0.29) is 12.6 Å². The molecule has 0 unspecified atom stereocenters. The zero-order valence-electron chi connectivity index (χ0n) is 8.90. The average Bonchev–Trinajstić information content (AvgIpc) is 2.30. The summed E-state index contributed by atoms with van der Waals surface area (Å²) in [5, 5.41) is 9.73. The molecule has 88 valence electrons. The molecule has 0 aliphatic rings. The van der Waals surface area contributed by atoms with Crippen LogP contribution in [0.25, 0.3) is 0 Å². The van der Waals surface area contributed by atoms with Crippen LogP contribution in [0, 0.1) is 0 Å². The van der Waals surface area contributed by atoms with Crippen LogP contribution in [-0.4, -0.2) is 23.9 Å². The summed E-state index contributed by atoms with van der Waals surface area (Å²) in [6.07, 6.45) is 0.356. The molecule has 0 aliphatic heterocycles. The van der Waals surface area contributed by atoms with Crippen LogP contribution in [0.2, 0.25) is 5.02 Å². The van der Waals surface area contributed by atoms with Gasteiger partial charge in [0.25, 0.3) is 0 Å². The number of hydrogen-bond donors (Lipinski definition) is 1. The summed E-state index contributed by atoms with van der Waals surface area (Å²) >= 11 is 7.31. The summed E-state index contributed by atoms with van der Waals surface area (Å²) in [5.74, 6) is 0.397. The lowest BCUT2D eigenvalue weighted by molar-refractivity contribution is -0.140. The van der Waals surface area contributed by atoms with Crippen molar-refractivity contribution >= 4 is 29.3 Å². The lowest BCUT2D eigenvalue weighted by atomic mass is 10.2. The molecule has 0 saturated carbocycles. The molecule has 0 heterocycles. The number of ether oxygens (including phenoxy) is 1. The molecule has 1 aromatic carbocycles. The van der Waals surface area contributed by atoms with Crippen molar-refractivity contribution in [2.75, 3.05) is 12.9 Å². The van der Waals surface area contributed by atoms with Gasteiger partial charge in [-0.05, 0) is 23.8 Å². The van der Waals surface area contributed by atoms with Crippen LogP contribution in [-0.2, 0) is 16.1 Å². The third kappa shape index (κ3) is 4.04. The number of carbonyl (C=O) groups excluding carboxylic acids is 1. The summed E-state index contributed by atoms with van der Waals surface area (Å²) in [6, 6.07) is 5.33. The minimum Gasteiger partial charge on any atom is -0.469 e. The van der Waals surface area contributed by atoms with Crippen LogP contribution >= 0.6 is 23.4 Å². The molecule has 0 atom stereocenters. The van der Waals surface area contributed by atoms with Crippen molar-refractivity contribution in [1.29, 1.82) is 0 Å². The quantitative estimate of drug-likeness (QED) is 0.653. The van der Waals surface area contributed by atoms with Gasteiger partial charge in [0.1, 0.15) is 0 Å². The Kier molecular flexibility index (Phi) is 5.66. The number of halogens is 1. The van der Waals surface area contributed by atoms with Gasteiger partial charge < -0.3 is 9.84 Å². The molecule has 3 nitrogen and oxygen atoms in total. The number of methoxy groups -OCH3 is 1. The molecule has 1 rings (SSSR count). The first-order valence-corrected chi connectivity index (χ1v) is 6.12. The Labute approximate surface area is 104 Å². The van der Waals surface area contributed by atoms with Crippen molar-refractivity contribution in [3.8, 4) is 0 Å². The highest BCUT2D eigenvalue weighted by molar-refractivity contribution is 7.99. The summed E-state index contributed by atoms with van der Waals surface area (Å²) in [7, 11) is 1.37. The van der Waals surface area contributed by atoms with Crippen LogP contribution in [0.15, 0.2) is 23.1 Å². The molecule has 1 N–H and O–H groups in total. The third-order valence-electron chi connectivity index (χ3n) is 1.98. The van der Waals surface area contributed by atoms with Crippen LogP contribution in [0.3, 0.4) is 0 Å². The van der Waals surface area contributed by atoms with Gasteiger partial charge in [-0.2, -0.15) is 0 Å². The predicted molar refractivity (Wildman–Crippen MR) is 64.7 cm³/mol. The molecule has 0 spiro atoms. The Morgan fingerprint density at radius 3 is 2.94 bits per heavy atom. The minimum atomic E-state index is -0.230. The number of aliphatic hydroxyl groups is 1. The van der Waals surface area contributed by atoms with Gasteiger partial charge in [0.05, 0.1) is 20.1 Å². The maximum Gasteiger partial charge on any atom is 0.306 e. The highest BCUT2D eigenvalue weighted by atomic mass is 35.5. The van der Waals surface area contributed by atoms with E-state index in [1.807, 2.05) is 6.07 Å². The number of rotatable bonds is 5. The lowest BCUT2D eigenvalue weighted by Gasteiger charge is -2.06. The molecule has 0 radical (unpaired) electrons. The summed E-state index contributed by atoms with van der Waals surface area (Å²) in [6.45, 7) is -0.0544. The van der Waals surface area contributed by atoms with E-state index in [0.717, 1.165) is 10.5 Å². The van der Waals surface area contributed by atoms with Crippen LogP contribution in [0.5, 0.6) is 0 Å². The number of benzene rings is 1. The Balaban J connectivity index is 2.56. The Bertz CT molecular complexity index is 368. The number of aliphatic hydroxyl groups excluding tert-OH is 1. The fourth-order valence-electron chi connectivity index (χ4n) is 1.16. The molecule has 0 amide bonds. The summed E-state index contributed by atoms with van der Waals surface area (Å²) in [4.78, 5) is 11.8. The monoisotopic (exact) mass is 260 g/mol. The normalized spacial score (nSPS) is 10.2. The van der Waals surface area contributed by atoms with Crippen molar-refractivity contribution in [3.05, 3.63) is 28.8 Å². The SMILES string of the molecule is COC(=O)CCSc1ccc(Cl)cc1CO. The van der Waals surface area contributed by atoms with Gasteiger partial charge in [-0.1, -0.05) is 11.6 Å². The van der Waals surface area contributed by atoms with Crippen molar-refractivity contribution in [2.45, 2.75) is 17.9 Å². The largest absolute Gasteiger partial charge is 0.469 e. The second-order valence-corrected chi connectivity index (χ2v) is 4.66. The molecule has 5 heteroatoms. The zero-order chi connectivity index (χ0) is 12.0. The second-order valence-electron chi connectivity index (χ2n) is 3.08. The maximum atomic E-state index is 10.9. The smallest absolute Gasteiger partial charge is 0.306 e. The topological polar surface area (TPSA) is 46.5 Å². The molecule has 0 aromatic heterocycles. The molecule has 16 heavy (non-hydrogen) atoms. The van der Waals surface area contributed by atoms with E-state index in [4.69, 9.17) is 16.7 Å². The van der Waals surface area contributed by atoms with Crippen LogP contribution < -0.4 is 0 Å². The first kappa shape index (κ1) is 13.4. The van der Waals surface area contributed by atoms with Crippen molar-refractivity contribution in [3.63, 3.8) is 0 Å². The van der Waals surface area contributed by atoms with Gasteiger partial charge in [-0.25, -0.2) is 0 Å². The summed E-state index contributed by atoms with van der Waals surface area (Å²) < 4.78 is 4.54. The van der Waals surface area contributed by atoms with E-state index >= 15 is 0 Å². The van der Waals surface area contributed by atoms with Crippen molar-refractivity contribution in [1.82, 2.24) is 0 Å². The second kappa shape index (κ2) is 6.78. The Hall–Kier alpha value is -0.710. The average molecular weight is 261 g/mol. The van der Waals surface area contributed by atoms with E-state index < -0.39 is 0 Å². The molecule has 0 aliphatic carbocycles. The number of hydrogen-bond acceptors (Lipinski definition) is 4. The Morgan fingerprint density at radius 2 is 2.31 bits per heavy atom. The minimum absolute atomic E-state index is 0.0544. The highest BCUT2D eigenvalue weighted by Crippen LogP contribution is 2.26. The van der Waals surface area contributed by atoms with Gasteiger partial charge in [-0.3, -0.25) is 4.79 Å². The number of esters is 1. The van der Waals surface area contributed by atoms with Gasteiger partial charge in [0.2, 0.25) is 0 Å². The number of carbonyl (C=O) groups is 1. The van der Waals surface area contributed by atoms with Crippen LogP contribution in [0.1, 0.15) is 12.0 Å². The lowest BCUT2D eigenvalue weighted by Crippen LogP contribution is -2.01. The van der Waals surface area contributed by atoms with E-state index in [9.17, 15) is 4.79 Å². The van der Waals surface area contributed by atoms with Gasteiger partial charge in [-0.15, -0.1) is 11.8 Å². The first-order chi connectivity index (χ1) is 7.67. The maximum absolute atomic E-state index is 10.9. The van der Waals surface area contributed by atoms with E-state index in [1.54, 1.807) is 12.1 Å². The molecule has 0 fully saturated rings. The van der Waals surface area contributed by atoms with Gasteiger partial charge >= 0.3 is 5.97 Å². The summed E-state index contributed by atoms with van der Waals surface area (Å²) in [5.41, 5.74) is 0.780. The van der Waals surface area contributed by atoms with E-state index in [0.29, 0.717) is 17.2 Å². The molecular formula is C11H13ClO3S. The molecule has 1 aromatic rings. The zero-order valence-corrected chi connectivity index (χ0v) is 10.5. The molecule has 0 saturated heterocycles. The fraction of sp³-hybridized carbons (Fsp3) is 0.364. The number of thioether (sulfide) groups is 1. The standard InChI is InChI=1S/C11H13ClO3S/c1-15-11(14)4-5-16-10-3-2-9(12)6-8(10)7-13/h2-3,6,13H,4-5,7H2,1H3. The van der Waals surface area contributed by atoms with Crippen LogP contribution in [0.4, 0.5) is 0 Å². The molecule has 0 bridgehead atoms. The van der Waals surface area contributed by atoms with Gasteiger partial charge in [0, 0.05) is 15.7 Å².